The number of nitrogens with zero attached hydrogens (tertiary/aromatic N) is 1. The van der Waals surface area contributed by atoms with Crippen LogP contribution in [0.3, 0.4) is 0 Å². The zero-order valence-corrected chi connectivity index (χ0v) is 11.8. The lowest BCUT2D eigenvalue weighted by molar-refractivity contribution is 0.0990. The van der Waals surface area contributed by atoms with Crippen LogP contribution in [-0.4, -0.2) is 10.4 Å². The molecule has 0 radical (unpaired) electrons. The van der Waals surface area contributed by atoms with Gasteiger partial charge in [0, 0.05) is 24.4 Å². The quantitative estimate of drug-likeness (QED) is 0.640. The van der Waals surface area contributed by atoms with Gasteiger partial charge in [0.05, 0.1) is 11.3 Å². The van der Waals surface area contributed by atoms with E-state index in [4.69, 9.17) is 0 Å². The fourth-order valence-corrected chi connectivity index (χ4v) is 2.79. The van der Waals surface area contributed by atoms with Gasteiger partial charge >= 0.3 is 0 Å². The maximum atomic E-state index is 12.4. The minimum absolute atomic E-state index is 0.195. The zero-order chi connectivity index (χ0) is 14.1. The van der Waals surface area contributed by atoms with Gasteiger partial charge in [-0.25, -0.2) is 0 Å². The first-order chi connectivity index (χ1) is 9.74. The lowest BCUT2D eigenvalue weighted by atomic mass is 10.0. The van der Waals surface area contributed by atoms with Gasteiger partial charge < -0.3 is 4.57 Å². The number of benzene rings is 2. The summed E-state index contributed by atoms with van der Waals surface area (Å²) in [5.41, 5.74) is 4.04. The molecule has 0 N–H and O–H groups in total. The van der Waals surface area contributed by atoms with E-state index >= 15 is 0 Å². The van der Waals surface area contributed by atoms with Crippen molar-refractivity contribution in [2.75, 3.05) is 0 Å². The van der Waals surface area contributed by atoms with Gasteiger partial charge in [0.15, 0.2) is 5.78 Å². The highest BCUT2D eigenvalue weighted by molar-refractivity contribution is 6.13. The molecule has 2 aromatic carbocycles. The summed E-state index contributed by atoms with van der Waals surface area (Å²) in [6.07, 6.45) is 0.522. The molecule has 3 aromatic rings. The van der Waals surface area contributed by atoms with E-state index in [1.54, 1.807) is 0 Å². The number of ketones is 1. The Labute approximate surface area is 118 Å². The lowest BCUT2D eigenvalue weighted by Gasteiger charge is -2.07. The highest BCUT2D eigenvalue weighted by Crippen LogP contribution is 2.33. The molecule has 20 heavy (non-hydrogen) atoms. The van der Waals surface area contributed by atoms with Gasteiger partial charge in [-0.3, -0.25) is 4.79 Å². The number of hydrogen-bond donors (Lipinski definition) is 0. The molecule has 0 amide bonds. The molecule has 0 atom stereocenters. The SMILES string of the molecule is CCC(=O)c1c(-c2ccccc2)n(C)c2ccccc12. The third-order valence-electron chi connectivity index (χ3n) is 3.75. The Balaban J connectivity index is 2.41. The van der Waals surface area contributed by atoms with Crippen LogP contribution in [0, 0.1) is 0 Å². The number of carbonyl (C=O) groups is 1. The van der Waals surface area contributed by atoms with Gasteiger partial charge in [0.25, 0.3) is 0 Å². The Bertz CT molecular complexity index is 769. The molecule has 0 bridgehead atoms. The van der Waals surface area contributed by atoms with Crippen molar-refractivity contribution in [3.05, 3.63) is 60.2 Å². The number of aromatic nitrogens is 1. The molecule has 0 spiro atoms. The zero-order valence-electron chi connectivity index (χ0n) is 11.8. The van der Waals surface area contributed by atoms with Crippen molar-refractivity contribution in [1.82, 2.24) is 4.57 Å². The Morgan fingerprint density at radius 1 is 1.00 bits per heavy atom. The molecule has 0 unspecified atom stereocenters. The molecule has 0 saturated heterocycles. The van der Waals surface area contributed by atoms with E-state index in [1.807, 2.05) is 50.4 Å². The van der Waals surface area contributed by atoms with Crippen LogP contribution >= 0.6 is 0 Å². The molecular formula is C18H17NO. The summed E-state index contributed by atoms with van der Waals surface area (Å²) in [5.74, 6) is 0.195. The number of fused-ring (bicyclic) bond motifs is 1. The second-order valence-electron chi connectivity index (χ2n) is 4.94. The highest BCUT2D eigenvalue weighted by Gasteiger charge is 2.20. The van der Waals surface area contributed by atoms with Gasteiger partial charge in [-0.15, -0.1) is 0 Å². The third kappa shape index (κ3) is 1.85. The minimum atomic E-state index is 0.195. The average molecular weight is 263 g/mol. The molecule has 1 heterocycles. The maximum Gasteiger partial charge on any atom is 0.165 e. The summed E-state index contributed by atoms with van der Waals surface area (Å²) in [7, 11) is 2.02. The lowest BCUT2D eigenvalue weighted by Crippen LogP contribution is -2.00. The van der Waals surface area contributed by atoms with E-state index in [9.17, 15) is 4.79 Å². The van der Waals surface area contributed by atoms with E-state index < -0.39 is 0 Å². The number of Topliss-reactive ketones (excluding diaryl/α,β-unsaturated/α-hetero) is 1. The normalized spacial score (nSPS) is 10.9. The van der Waals surface area contributed by atoms with Crippen molar-refractivity contribution in [2.24, 2.45) is 7.05 Å². The van der Waals surface area contributed by atoms with Crippen molar-refractivity contribution in [2.45, 2.75) is 13.3 Å². The first kappa shape index (κ1) is 12.7. The summed E-state index contributed by atoms with van der Waals surface area (Å²) >= 11 is 0. The summed E-state index contributed by atoms with van der Waals surface area (Å²) < 4.78 is 2.12. The largest absolute Gasteiger partial charge is 0.343 e. The van der Waals surface area contributed by atoms with Crippen LogP contribution in [0.4, 0.5) is 0 Å². The second-order valence-corrected chi connectivity index (χ2v) is 4.94. The van der Waals surface area contributed by atoms with Crippen LogP contribution in [0.15, 0.2) is 54.6 Å². The van der Waals surface area contributed by atoms with Gasteiger partial charge in [0.2, 0.25) is 0 Å². The number of rotatable bonds is 3. The van der Waals surface area contributed by atoms with Crippen LogP contribution in [-0.2, 0) is 7.05 Å². The van der Waals surface area contributed by atoms with Crippen molar-refractivity contribution in [1.29, 1.82) is 0 Å². The molecule has 2 heteroatoms. The van der Waals surface area contributed by atoms with Crippen LogP contribution in [0.5, 0.6) is 0 Å². The van der Waals surface area contributed by atoms with Crippen molar-refractivity contribution < 1.29 is 4.79 Å². The molecule has 3 rings (SSSR count). The van der Waals surface area contributed by atoms with Crippen LogP contribution in [0.2, 0.25) is 0 Å². The minimum Gasteiger partial charge on any atom is -0.343 e. The van der Waals surface area contributed by atoms with E-state index in [0.717, 1.165) is 27.7 Å². The van der Waals surface area contributed by atoms with Crippen LogP contribution in [0.1, 0.15) is 23.7 Å². The predicted octanol–water partition coefficient (Wildman–Crippen LogP) is 4.44. The molecule has 0 aliphatic heterocycles. The van der Waals surface area contributed by atoms with Crippen LogP contribution in [0.25, 0.3) is 22.2 Å². The smallest absolute Gasteiger partial charge is 0.165 e. The molecule has 0 aliphatic carbocycles. The van der Waals surface area contributed by atoms with Gasteiger partial charge in [-0.1, -0.05) is 55.5 Å². The second kappa shape index (κ2) is 4.97. The van der Waals surface area contributed by atoms with E-state index in [2.05, 4.69) is 22.8 Å². The number of para-hydroxylation sites is 1. The standard InChI is InChI=1S/C18H17NO/c1-3-16(20)17-14-11-7-8-12-15(14)19(2)18(17)13-9-5-4-6-10-13/h4-12H,3H2,1-2H3. The molecular weight excluding hydrogens is 246 g/mol. The van der Waals surface area contributed by atoms with Gasteiger partial charge in [-0.2, -0.15) is 0 Å². The predicted molar refractivity (Wildman–Crippen MR) is 83.0 cm³/mol. The van der Waals surface area contributed by atoms with Gasteiger partial charge in [-0.05, 0) is 11.6 Å². The van der Waals surface area contributed by atoms with Crippen molar-refractivity contribution in [3.63, 3.8) is 0 Å². The highest BCUT2D eigenvalue weighted by atomic mass is 16.1. The molecule has 0 saturated carbocycles. The third-order valence-corrected chi connectivity index (χ3v) is 3.75. The molecule has 2 nitrogen and oxygen atoms in total. The summed E-state index contributed by atoms with van der Waals surface area (Å²) in [6, 6.07) is 18.2. The fourth-order valence-electron chi connectivity index (χ4n) is 2.79. The Kier molecular flexibility index (Phi) is 3.15. The number of aryl methyl sites for hydroxylation is 1. The molecule has 1 aromatic heterocycles. The fraction of sp³-hybridized carbons (Fsp3) is 0.167. The molecule has 100 valence electrons. The maximum absolute atomic E-state index is 12.4. The summed E-state index contributed by atoms with van der Waals surface area (Å²) in [5, 5.41) is 1.04. The topological polar surface area (TPSA) is 22.0 Å². The first-order valence-corrected chi connectivity index (χ1v) is 6.90. The average Bonchev–Trinajstić information content (AvgIpc) is 2.81. The number of hydrogen-bond acceptors (Lipinski definition) is 1. The molecule has 0 aliphatic rings. The van der Waals surface area contributed by atoms with E-state index in [1.165, 1.54) is 0 Å². The van der Waals surface area contributed by atoms with E-state index in [-0.39, 0.29) is 5.78 Å². The molecule has 0 fully saturated rings. The van der Waals surface area contributed by atoms with Crippen LogP contribution < -0.4 is 0 Å². The number of carbonyl (C=O) groups excluding carboxylic acids is 1. The van der Waals surface area contributed by atoms with Crippen molar-refractivity contribution >= 4 is 16.7 Å². The first-order valence-electron chi connectivity index (χ1n) is 6.90. The monoisotopic (exact) mass is 263 g/mol. The Hall–Kier alpha value is -2.35. The Morgan fingerprint density at radius 2 is 1.65 bits per heavy atom. The Morgan fingerprint density at radius 3 is 2.35 bits per heavy atom. The summed E-state index contributed by atoms with van der Waals surface area (Å²) in [4.78, 5) is 12.4. The van der Waals surface area contributed by atoms with E-state index in [0.29, 0.717) is 6.42 Å². The summed E-state index contributed by atoms with van der Waals surface area (Å²) in [6.45, 7) is 1.92. The van der Waals surface area contributed by atoms with Crippen molar-refractivity contribution in [3.8, 4) is 11.3 Å². The van der Waals surface area contributed by atoms with Gasteiger partial charge in [0.1, 0.15) is 0 Å².